The molecule has 4 aromatic rings. The van der Waals surface area contributed by atoms with Gasteiger partial charge >= 0.3 is 5.56 Å². The van der Waals surface area contributed by atoms with Crippen LogP contribution in [-0.2, 0) is 0 Å². The first-order chi connectivity index (χ1) is 14.5. The summed E-state index contributed by atoms with van der Waals surface area (Å²) in [5.41, 5.74) is 3.16. The van der Waals surface area contributed by atoms with Gasteiger partial charge in [0.05, 0.1) is 12.2 Å². The summed E-state index contributed by atoms with van der Waals surface area (Å²) in [5.74, 6) is 0.153. The molecular weight excluding hydrogens is 378 g/mol. The van der Waals surface area contributed by atoms with Crippen molar-refractivity contribution in [3.63, 3.8) is 0 Å². The third-order valence-electron chi connectivity index (χ3n) is 5.05. The number of nitrogens with zero attached hydrogens (tertiary/aromatic N) is 2. The van der Waals surface area contributed by atoms with Crippen LogP contribution in [0.15, 0.2) is 59.5 Å². The van der Waals surface area contributed by atoms with Gasteiger partial charge in [0, 0.05) is 12.6 Å². The number of aromatic amines is 1. The molecule has 152 valence electrons. The maximum atomic E-state index is 13.1. The van der Waals surface area contributed by atoms with Crippen molar-refractivity contribution in [2.45, 2.75) is 26.8 Å². The standard InChI is InChI=1S/C23H23N5O2/c1-4-24-20-17(22(29)25-15(3)16-8-6-5-7-9-16)12-18-21(27-20)26-19-11-10-14(2)13-28(19)23(18)30/h5-13,15H,4H2,1-3H3,(H,24,27)(H,25,29)/p+1/t15-/m0/s1. The van der Waals surface area contributed by atoms with Crippen LogP contribution in [0.25, 0.3) is 16.7 Å². The van der Waals surface area contributed by atoms with E-state index in [-0.39, 0.29) is 17.5 Å². The van der Waals surface area contributed by atoms with Crippen LogP contribution in [0.4, 0.5) is 5.82 Å². The fraction of sp³-hybridized carbons (Fsp3) is 0.217. The van der Waals surface area contributed by atoms with E-state index in [9.17, 15) is 9.59 Å². The zero-order valence-corrected chi connectivity index (χ0v) is 17.2. The molecule has 0 saturated carbocycles. The minimum atomic E-state index is -0.287. The van der Waals surface area contributed by atoms with E-state index in [1.54, 1.807) is 16.7 Å². The lowest BCUT2D eigenvalue weighted by Gasteiger charge is -2.15. The first-order valence-electron chi connectivity index (χ1n) is 9.96. The van der Waals surface area contributed by atoms with E-state index in [0.717, 1.165) is 11.1 Å². The van der Waals surface area contributed by atoms with Gasteiger partial charge in [-0.2, -0.15) is 4.40 Å². The maximum Gasteiger partial charge on any atom is 0.325 e. The predicted molar refractivity (Wildman–Crippen MR) is 117 cm³/mol. The van der Waals surface area contributed by atoms with Crippen LogP contribution in [-0.4, -0.2) is 21.8 Å². The van der Waals surface area contributed by atoms with Gasteiger partial charge < -0.3 is 10.6 Å². The quantitative estimate of drug-likeness (QED) is 0.502. The van der Waals surface area contributed by atoms with Gasteiger partial charge in [0.25, 0.3) is 11.6 Å². The molecule has 3 aromatic heterocycles. The first-order valence-corrected chi connectivity index (χ1v) is 9.96. The third-order valence-corrected chi connectivity index (χ3v) is 5.05. The van der Waals surface area contributed by atoms with Crippen LogP contribution < -0.4 is 21.2 Å². The molecule has 0 radical (unpaired) electrons. The van der Waals surface area contributed by atoms with Crippen LogP contribution in [0.5, 0.6) is 0 Å². The molecule has 0 aliphatic heterocycles. The number of pyridine rings is 2. The van der Waals surface area contributed by atoms with Crippen molar-refractivity contribution in [2.24, 2.45) is 0 Å². The highest BCUT2D eigenvalue weighted by Crippen LogP contribution is 2.19. The Morgan fingerprint density at radius 2 is 1.97 bits per heavy atom. The molecule has 3 N–H and O–H groups in total. The Morgan fingerprint density at radius 1 is 1.20 bits per heavy atom. The van der Waals surface area contributed by atoms with E-state index >= 15 is 0 Å². The molecule has 3 heterocycles. The van der Waals surface area contributed by atoms with Gasteiger partial charge in [0.15, 0.2) is 0 Å². The molecule has 0 spiro atoms. The SMILES string of the molecule is CCNc1nc2[nH+]c3ccc(C)cn3c(=O)c2cc1C(=O)N[C@@H](C)c1ccccc1. The number of anilines is 1. The van der Waals surface area contributed by atoms with Gasteiger partial charge in [-0.3, -0.25) is 4.79 Å². The third kappa shape index (κ3) is 3.61. The number of hydrogen-bond acceptors (Lipinski definition) is 4. The lowest BCUT2D eigenvalue weighted by atomic mass is 10.1. The topological polar surface area (TPSA) is 89.6 Å². The molecule has 7 nitrogen and oxygen atoms in total. The lowest BCUT2D eigenvalue weighted by Crippen LogP contribution is -2.29. The van der Waals surface area contributed by atoms with Gasteiger partial charge in [0.2, 0.25) is 11.5 Å². The number of fused-ring (bicyclic) bond motifs is 2. The van der Waals surface area contributed by atoms with Crippen molar-refractivity contribution in [3.05, 3.63) is 81.8 Å². The average molecular weight is 402 g/mol. The Hall–Kier alpha value is -3.74. The van der Waals surface area contributed by atoms with E-state index < -0.39 is 0 Å². The molecule has 0 aliphatic carbocycles. The number of rotatable bonds is 5. The maximum absolute atomic E-state index is 13.1. The molecule has 7 heteroatoms. The van der Waals surface area contributed by atoms with E-state index in [1.807, 2.05) is 63.2 Å². The summed E-state index contributed by atoms with van der Waals surface area (Å²) >= 11 is 0. The molecule has 1 aromatic carbocycles. The normalized spacial score (nSPS) is 12.1. The summed E-state index contributed by atoms with van der Waals surface area (Å²) in [6.45, 7) is 6.38. The number of benzene rings is 1. The van der Waals surface area contributed by atoms with Gasteiger partial charge in [-0.25, -0.2) is 9.78 Å². The van der Waals surface area contributed by atoms with Crippen molar-refractivity contribution in [1.29, 1.82) is 0 Å². The van der Waals surface area contributed by atoms with E-state index in [4.69, 9.17) is 0 Å². The number of aromatic nitrogens is 3. The van der Waals surface area contributed by atoms with E-state index in [0.29, 0.717) is 34.6 Å². The fourth-order valence-electron chi connectivity index (χ4n) is 3.47. The summed E-state index contributed by atoms with van der Waals surface area (Å²) < 4.78 is 1.54. The van der Waals surface area contributed by atoms with Gasteiger partial charge in [0.1, 0.15) is 10.9 Å². The molecule has 0 unspecified atom stereocenters. The molecule has 0 saturated heterocycles. The highest BCUT2D eigenvalue weighted by molar-refractivity contribution is 6.01. The van der Waals surface area contributed by atoms with Crippen LogP contribution in [0.3, 0.4) is 0 Å². The zero-order valence-electron chi connectivity index (χ0n) is 17.2. The predicted octanol–water partition coefficient (Wildman–Crippen LogP) is 2.89. The largest absolute Gasteiger partial charge is 0.356 e. The molecular formula is C23H24N5O2+. The Labute approximate surface area is 173 Å². The van der Waals surface area contributed by atoms with E-state index in [2.05, 4.69) is 20.6 Å². The zero-order chi connectivity index (χ0) is 21.3. The number of aryl methyl sites for hydroxylation is 1. The highest BCUT2D eigenvalue weighted by atomic mass is 16.2. The second-order valence-electron chi connectivity index (χ2n) is 7.31. The minimum Gasteiger partial charge on any atom is -0.356 e. The number of nitrogens with one attached hydrogen (secondary N) is 3. The molecule has 1 atom stereocenters. The smallest absolute Gasteiger partial charge is 0.325 e. The van der Waals surface area contributed by atoms with E-state index in [1.165, 1.54) is 0 Å². The van der Waals surface area contributed by atoms with Crippen molar-refractivity contribution in [2.75, 3.05) is 11.9 Å². The Bertz CT molecular complexity index is 1300. The van der Waals surface area contributed by atoms with Crippen molar-refractivity contribution in [3.8, 4) is 0 Å². The molecule has 30 heavy (non-hydrogen) atoms. The Kier molecular flexibility index (Phi) is 5.18. The highest BCUT2D eigenvalue weighted by Gasteiger charge is 2.22. The summed E-state index contributed by atoms with van der Waals surface area (Å²) in [5, 5.41) is 6.50. The number of H-pyrrole nitrogens is 1. The van der Waals surface area contributed by atoms with Gasteiger partial charge in [-0.05, 0) is 44.0 Å². The lowest BCUT2D eigenvalue weighted by molar-refractivity contribution is -0.319. The molecule has 0 fully saturated rings. The van der Waals surface area contributed by atoms with Crippen molar-refractivity contribution in [1.82, 2.24) is 14.7 Å². The van der Waals surface area contributed by atoms with Crippen LogP contribution in [0, 0.1) is 6.92 Å². The summed E-state index contributed by atoms with van der Waals surface area (Å²) in [7, 11) is 0. The second-order valence-corrected chi connectivity index (χ2v) is 7.31. The first kappa shape index (κ1) is 19.6. The summed E-state index contributed by atoms with van der Waals surface area (Å²) in [6, 6.07) is 14.9. The van der Waals surface area contributed by atoms with Crippen molar-refractivity contribution < 1.29 is 9.78 Å². The van der Waals surface area contributed by atoms with Gasteiger partial charge in [-0.1, -0.05) is 35.3 Å². The summed E-state index contributed by atoms with van der Waals surface area (Å²) in [6.07, 6.45) is 1.77. The number of carbonyl (C=O) groups excluding carboxylic acids is 1. The van der Waals surface area contributed by atoms with Crippen LogP contribution in [0.1, 0.15) is 41.4 Å². The Morgan fingerprint density at radius 3 is 2.70 bits per heavy atom. The second kappa shape index (κ2) is 7.94. The van der Waals surface area contributed by atoms with Crippen LogP contribution in [0.2, 0.25) is 0 Å². The average Bonchev–Trinajstić information content (AvgIpc) is 2.75. The molecule has 1 amide bonds. The number of amides is 1. The Balaban J connectivity index is 1.82. The monoisotopic (exact) mass is 402 g/mol. The fourth-order valence-corrected chi connectivity index (χ4v) is 3.47. The molecule has 0 aliphatic rings. The number of carbonyl (C=O) groups is 1. The molecule has 4 rings (SSSR count). The van der Waals surface area contributed by atoms with Crippen LogP contribution >= 0.6 is 0 Å². The van der Waals surface area contributed by atoms with Gasteiger partial charge in [-0.15, -0.1) is 0 Å². The number of hydrogen-bond donors (Lipinski definition) is 2. The molecule has 0 bridgehead atoms. The van der Waals surface area contributed by atoms with Crippen molar-refractivity contribution >= 4 is 28.4 Å². The summed E-state index contributed by atoms with van der Waals surface area (Å²) in [4.78, 5) is 33.9. The minimum absolute atomic E-state index is 0.184.